The van der Waals surface area contributed by atoms with E-state index in [4.69, 9.17) is 37.9 Å². The van der Waals surface area contributed by atoms with E-state index < -0.39 is 137 Å². The number of hydrogen-bond donors (Lipinski definition) is 3. The number of methoxy groups -OCH3 is 2. The maximum absolute atomic E-state index is 15.7. The van der Waals surface area contributed by atoms with Crippen molar-refractivity contribution in [3.05, 3.63) is 82.9 Å². The standard InChI is InChI=1S/C49H61NO17/c1-26-30(63-43(57)38(64-34(54)22-21-33(52)53)36(28-17-13-11-14-18-28)50-44(58)67-45(3,4)5)24-49(59)41(65-42(56)29-19-15-12-16-20-29)39-47(8,40(55)37(61-10)35(26)46(49,6)7)31(60-9)23-32-48(39,25-62-32)66-27(2)51/h11-20,30-32,36-39,41,59H,21-25H2,1-10H3,(H,50,58)(H,52,53)/t30-,31-,32+,36-,37+,38+,39?,41?,47+,48-,49+/m0/s1. The van der Waals surface area contributed by atoms with E-state index in [0.717, 1.165) is 0 Å². The van der Waals surface area contributed by atoms with Gasteiger partial charge in [-0.05, 0) is 63.5 Å². The van der Waals surface area contributed by atoms with Crippen molar-refractivity contribution in [2.24, 2.45) is 16.7 Å². The van der Waals surface area contributed by atoms with Crippen LogP contribution in [0.4, 0.5) is 4.79 Å². The number of Topliss-reactive ketones (excluding diaryl/α,β-unsaturated/α-hetero) is 1. The van der Waals surface area contributed by atoms with E-state index in [0.29, 0.717) is 0 Å². The molecule has 6 rings (SSSR count). The average molecular weight is 936 g/mol. The van der Waals surface area contributed by atoms with Crippen molar-refractivity contribution >= 4 is 41.7 Å². The van der Waals surface area contributed by atoms with Crippen LogP contribution in [0.25, 0.3) is 0 Å². The number of carboxylic acid groups (broad SMARTS) is 1. The average Bonchev–Trinajstić information content (AvgIpc) is 3.25. The van der Waals surface area contributed by atoms with Crippen LogP contribution in [0.15, 0.2) is 71.8 Å². The Labute approximate surface area is 388 Å². The number of hydrogen-bond acceptors (Lipinski definition) is 16. The number of amides is 1. The number of alkyl carbamates (subject to hydrolysis) is 1. The first-order chi connectivity index (χ1) is 31.4. The van der Waals surface area contributed by atoms with Gasteiger partial charge in [-0.15, -0.1) is 0 Å². The fraction of sp³-hybridized carbons (Fsp3) is 0.571. The van der Waals surface area contributed by atoms with Gasteiger partial charge in [0.25, 0.3) is 0 Å². The van der Waals surface area contributed by atoms with Gasteiger partial charge in [-0.25, -0.2) is 14.4 Å². The maximum atomic E-state index is 15.7. The van der Waals surface area contributed by atoms with Gasteiger partial charge < -0.3 is 53.4 Å². The van der Waals surface area contributed by atoms with Crippen LogP contribution in [-0.4, -0.2) is 126 Å². The Balaban J connectivity index is 1.56. The van der Waals surface area contributed by atoms with Gasteiger partial charge in [-0.3, -0.25) is 19.2 Å². The number of carbonyl (C=O) groups excluding carboxylic acids is 6. The Hall–Kier alpha value is -5.69. The summed E-state index contributed by atoms with van der Waals surface area (Å²) in [7, 11) is 2.72. The molecule has 0 spiro atoms. The van der Waals surface area contributed by atoms with E-state index in [1.807, 2.05) is 0 Å². The molecule has 364 valence electrons. The van der Waals surface area contributed by atoms with Crippen molar-refractivity contribution < 1.29 is 81.7 Å². The summed E-state index contributed by atoms with van der Waals surface area (Å²) in [6.07, 6.45) is -11.3. The van der Waals surface area contributed by atoms with E-state index in [-0.39, 0.29) is 35.3 Å². The molecule has 3 N–H and O–H groups in total. The van der Waals surface area contributed by atoms with Crippen LogP contribution in [0.3, 0.4) is 0 Å². The third-order valence-electron chi connectivity index (χ3n) is 13.8. The predicted molar refractivity (Wildman–Crippen MR) is 234 cm³/mol. The highest BCUT2D eigenvalue weighted by molar-refractivity contribution is 5.94. The van der Waals surface area contributed by atoms with Crippen molar-refractivity contribution in [2.45, 2.75) is 141 Å². The zero-order chi connectivity index (χ0) is 49.4. The van der Waals surface area contributed by atoms with Crippen LogP contribution >= 0.6 is 0 Å². The molecule has 2 bridgehead atoms. The Kier molecular flexibility index (Phi) is 14.5. The molecular weight excluding hydrogens is 875 g/mol. The number of esters is 4. The summed E-state index contributed by atoms with van der Waals surface area (Å²) < 4.78 is 48.4. The third-order valence-corrected chi connectivity index (χ3v) is 13.8. The normalized spacial score (nSPS) is 30.6. The molecule has 4 aliphatic rings. The summed E-state index contributed by atoms with van der Waals surface area (Å²) >= 11 is 0. The van der Waals surface area contributed by atoms with Crippen LogP contribution < -0.4 is 5.32 Å². The van der Waals surface area contributed by atoms with Crippen molar-refractivity contribution in [3.8, 4) is 0 Å². The summed E-state index contributed by atoms with van der Waals surface area (Å²) in [5, 5.41) is 25.9. The molecule has 3 aliphatic carbocycles. The predicted octanol–water partition coefficient (Wildman–Crippen LogP) is 4.98. The monoisotopic (exact) mass is 935 g/mol. The molecule has 18 nitrogen and oxygen atoms in total. The lowest BCUT2D eigenvalue weighted by atomic mass is 9.44. The lowest BCUT2D eigenvalue weighted by Gasteiger charge is -2.67. The number of ether oxygens (including phenoxy) is 8. The van der Waals surface area contributed by atoms with Gasteiger partial charge in [-0.2, -0.15) is 0 Å². The molecule has 18 heteroatoms. The van der Waals surface area contributed by atoms with Gasteiger partial charge in [0.05, 0.1) is 42.4 Å². The Bertz CT molecular complexity index is 2270. The third kappa shape index (κ3) is 9.45. The van der Waals surface area contributed by atoms with Gasteiger partial charge in [0, 0.05) is 39.4 Å². The summed E-state index contributed by atoms with van der Waals surface area (Å²) in [6, 6.07) is 14.5. The molecule has 2 aromatic rings. The number of aliphatic hydroxyl groups is 1. The molecule has 2 saturated carbocycles. The van der Waals surface area contributed by atoms with Gasteiger partial charge in [0.15, 0.2) is 11.4 Å². The fourth-order valence-corrected chi connectivity index (χ4v) is 10.6. The molecule has 2 aromatic carbocycles. The fourth-order valence-electron chi connectivity index (χ4n) is 10.6. The summed E-state index contributed by atoms with van der Waals surface area (Å²) in [5.41, 5.74) is -7.49. The lowest BCUT2D eigenvalue weighted by molar-refractivity contribution is -0.347. The number of carboxylic acids is 1. The van der Waals surface area contributed by atoms with E-state index in [9.17, 15) is 39.0 Å². The smallest absolute Gasteiger partial charge is 0.408 e. The molecule has 1 aliphatic heterocycles. The minimum Gasteiger partial charge on any atom is -0.481 e. The largest absolute Gasteiger partial charge is 0.481 e. The van der Waals surface area contributed by atoms with E-state index in [2.05, 4.69) is 5.32 Å². The zero-order valence-electron chi connectivity index (χ0n) is 39.4. The molecule has 1 heterocycles. The van der Waals surface area contributed by atoms with Gasteiger partial charge >= 0.3 is 35.9 Å². The van der Waals surface area contributed by atoms with Crippen LogP contribution in [0.2, 0.25) is 0 Å². The number of fused-ring (bicyclic) bond motifs is 5. The molecule has 67 heavy (non-hydrogen) atoms. The molecule has 0 aromatic heterocycles. The quantitative estimate of drug-likeness (QED) is 0.128. The van der Waals surface area contributed by atoms with Crippen molar-refractivity contribution in [3.63, 3.8) is 0 Å². The molecule has 0 radical (unpaired) electrons. The van der Waals surface area contributed by atoms with Crippen LogP contribution in [-0.2, 0) is 61.9 Å². The number of rotatable bonds is 14. The zero-order valence-corrected chi connectivity index (χ0v) is 39.4. The van der Waals surface area contributed by atoms with Crippen molar-refractivity contribution in [2.75, 3.05) is 20.8 Å². The number of aliphatic carboxylic acids is 1. The summed E-state index contributed by atoms with van der Waals surface area (Å²) in [6.45, 7) is 12.3. The SMILES string of the molecule is CO[C@H]1C(=O)[C@@]2(C)C(C(OC(=O)c3ccccc3)[C@]3(O)C[C@H](OC(=O)[C@H](OC(=O)CCC(=O)O)[C@@H](NC(=O)OC(C)(C)C)c4ccccc4)C(C)=C1C3(C)C)[C@]1(OC(C)=O)CO[C@@H]1C[C@@H]2OC. The summed E-state index contributed by atoms with van der Waals surface area (Å²) in [4.78, 5) is 96.5. The van der Waals surface area contributed by atoms with Gasteiger partial charge in [-0.1, -0.05) is 62.4 Å². The second kappa shape index (κ2) is 19.1. The second-order valence-corrected chi connectivity index (χ2v) is 19.4. The number of nitrogens with one attached hydrogen (secondary N) is 1. The highest BCUT2D eigenvalue weighted by Gasteiger charge is 2.78. The molecule has 11 atom stereocenters. The topological polar surface area (TPSA) is 246 Å². The first-order valence-corrected chi connectivity index (χ1v) is 22.1. The Morgan fingerprint density at radius 3 is 2.07 bits per heavy atom. The minimum atomic E-state index is -2.33. The lowest BCUT2D eigenvalue weighted by Crippen LogP contribution is -2.82. The number of carbonyl (C=O) groups is 7. The highest BCUT2D eigenvalue weighted by Crippen LogP contribution is 2.65. The van der Waals surface area contributed by atoms with Gasteiger partial charge in [0.2, 0.25) is 6.10 Å². The minimum absolute atomic E-state index is 0.0743. The first-order valence-electron chi connectivity index (χ1n) is 22.1. The van der Waals surface area contributed by atoms with Crippen molar-refractivity contribution in [1.82, 2.24) is 5.32 Å². The van der Waals surface area contributed by atoms with Gasteiger partial charge in [0.1, 0.15) is 41.7 Å². The molecule has 1 amide bonds. The number of benzene rings is 2. The van der Waals surface area contributed by atoms with Crippen LogP contribution in [0.1, 0.15) is 103 Å². The van der Waals surface area contributed by atoms with E-state index in [1.54, 1.807) is 97.0 Å². The first kappa shape index (κ1) is 50.7. The molecule has 3 fully saturated rings. The molecule has 2 unspecified atom stereocenters. The van der Waals surface area contributed by atoms with E-state index >= 15 is 4.79 Å². The van der Waals surface area contributed by atoms with E-state index in [1.165, 1.54) is 33.3 Å². The van der Waals surface area contributed by atoms with Crippen LogP contribution in [0, 0.1) is 16.7 Å². The Morgan fingerprint density at radius 2 is 1.54 bits per heavy atom. The summed E-state index contributed by atoms with van der Waals surface area (Å²) in [5.74, 6) is -7.26. The molecular formula is C49H61NO17. The van der Waals surface area contributed by atoms with Crippen LogP contribution in [0.5, 0.6) is 0 Å². The Morgan fingerprint density at radius 1 is 0.910 bits per heavy atom. The molecule has 1 saturated heterocycles. The highest BCUT2D eigenvalue weighted by atomic mass is 16.6. The van der Waals surface area contributed by atoms with Crippen molar-refractivity contribution in [1.29, 1.82) is 0 Å². The maximum Gasteiger partial charge on any atom is 0.408 e. The number of ketones is 1. The second-order valence-electron chi connectivity index (χ2n) is 19.4.